The van der Waals surface area contributed by atoms with Gasteiger partial charge in [0.1, 0.15) is 0 Å². The summed E-state index contributed by atoms with van der Waals surface area (Å²) in [5.74, 6) is 0. The van der Waals surface area contributed by atoms with Gasteiger partial charge in [-0.1, -0.05) is 133 Å². The van der Waals surface area contributed by atoms with Crippen LogP contribution in [-0.2, 0) is 0 Å². The molecule has 0 aliphatic carbocycles. The van der Waals surface area contributed by atoms with E-state index in [0.29, 0.717) is 0 Å². The molecule has 4 aromatic heterocycles. The summed E-state index contributed by atoms with van der Waals surface area (Å²) >= 11 is 0. The quantitative estimate of drug-likeness (QED) is 0.165. The van der Waals surface area contributed by atoms with E-state index in [1.165, 1.54) is 32.3 Å². The molecule has 0 saturated heterocycles. The highest BCUT2D eigenvalue weighted by molar-refractivity contribution is 6.27. The molecule has 0 amide bonds. The minimum atomic E-state index is 0.0225. The summed E-state index contributed by atoms with van der Waals surface area (Å²) in [5, 5.41) is 17.2. The fourth-order valence-corrected chi connectivity index (χ4v) is 10.7. The Hall–Kier alpha value is -8.08. The predicted octanol–water partition coefficient (Wildman–Crippen LogP) is 13.5. The fourth-order valence-electron chi connectivity index (χ4n) is 10.7. The van der Waals surface area contributed by atoms with Crippen LogP contribution in [0.1, 0.15) is 0 Å². The van der Waals surface area contributed by atoms with E-state index in [4.69, 9.17) is 0 Å². The van der Waals surface area contributed by atoms with Gasteiger partial charge in [0.25, 0.3) is 11.1 Å². The van der Waals surface area contributed by atoms with Crippen molar-refractivity contribution in [3.8, 4) is 22.3 Å². The molecule has 60 heavy (non-hydrogen) atoms. The lowest BCUT2D eigenvalue weighted by Gasteiger charge is -2.14. The molecule has 4 nitrogen and oxygen atoms in total. The van der Waals surface area contributed by atoms with E-state index < -0.39 is 0 Å². The van der Waals surface area contributed by atoms with Crippen LogP contribution >= 0.6 is 0 Å². The van der Waals surface area contributed by atoms with Gasteiger partial charge < -0.3 is 0 Å². The molecule has 0 atom stereocenters. The Kier molecular flexibility index (Phi) is 6.02. The molecule has 4 heterocycles. The van der Waals surface area contributed by atoms with E-state index in [2.05, 4.69) is 146 Å². The van der Waals surface area contributed by atoms with Crippen molar-refractivity contribution in [1.29, 1.82) is 0 Å². The highest BCUT2D eigenvalue weighted by Crippen LogP contribution is 2.42. The minimum absolute atomic E-state index is 0.0225. The highest BCUT2D eigenvalue weighted by atomic mass is 16.1. The molecular formula is C56H30N2O2. The Bertz CT molecular complexity index is 4050. The number of para-hydroxylation sites is 2. The van der Waals surface area contributed by atoms with E-state index >= 15 is 0 Å². The number of hydrogen-bond acceptors (Lipinski definition) is 2. The molecular weight excluding hydrogens is 733 g/mol. The Balaban J connectivity index is 0.946. The smallest absolute Gasteiger partial charge is 0.263 e. The maximum absolute atomic E-state index is 13.9. The van der Waals surface area contributed by atoms with Gasteiger partial charge >= 0.3 is 0 Å². The predicted molar refractivity (Wildman–Crippen MR) is 252 cm³/mol. The van der Waals surface area contributed by atoms with Gasteiger partial charge in [-0.2, -0.15) is 0 Å². The molecule has 0 aliphatic heterocycles. The molecule has 0 fully saturated rings. The lowest BCUT2D eigenvalue weighted by atomic mass is 9.90. The van der Waals surface area contributed by atoms with E-state index in [1.807, 2.05) is 45.2 Å². The lowest BCUT2D eigenvalue weighted by molar-refractivity contribution is 1.21. The van der Waals surface area contributed by atoms with Gasteiger partial charge in [0, 0.05) is 43.1 Å². The summed E-state index contributed by atoms with van der Waals surface area (Å²) in [6.45, 7) is 0. The third-order valence-electron chi connectivity index (χ3n) is 13.4. The second-order valence-corrected chi connectivity index (χ2v) is 16.3. The zero-order valence-corrected chi connectivity index (χ0v) is 32.0. The highest BCUT2D eigenvalue weighted by Gasteiger charge is 2.20. The molecule has 4 heteroatoms. The lowest BCUT2D eigenvalue weighted by Crippen LogP contribution is -2.12. The molecule has 0 spiro atoms. The summed E-state index contributed by atoms with van der Waals surface area (Å²) < 4.78 is 3.82. The van der Waals surface area contributed by atoms with Crippen LogP contribution in [0.15, 0.2) is 192 Å². The molecule has 276 valence electrons. The van der Waals surface area contributed by atoms with Crippen LogP contribution in [0.4, 0.5) is 0 Å². The third kappa shape index (κ3) is 4.00. The number of benzene rings is 10. The minimum Gasteiger partial charge on any atom is -0.275 e. The van der Waals surface area contributed by atoms with Crippen LogP contribution < -0.4 is 11.1 Å². The van der Waals surface area contributed by atoms with E-state index in [1.54, 1.807) is 0 Å². The van der Waals surface area contributed by atoms with Crippen molar-refractivity contribution in [3.63, 3.8) is 0 Å². The zero-order valence-electron chi connectivity index (χ0n) is 32.0. The first-order chi connectivity index (χ1) is 29.6. The summed E-state index contributed by atoms with van der Waals surface area (Å²) in [6.07, 6.45) is 0. The molecule has 0 bridgehead atoms. The van der Waals surface area contributed by atoms with Crippen LogP contribution in [0, 0.1) is 0 Å². The second kappa shape index (κ2) is 11.3. The van der Waals surface area contributed by atoms with Gasteiger partial charge in [-0.15, -0.1) is 0 Å². The topological polar surface area (TPSA) is 43.0 Å². The van der Waals surface area contributed by atoms with E-state index in [9.17, 15) is 9.59 Å². The van der Waals surface area contributed by atoms with Gasteiger partial charge in [-0.25, -0.2) is 0 Å². The monoisotopic (exact) mass is 762 g/mol. The summed E-state index contributed by atoms with van der Waals surface area (Å²) in [7, 11) is 0. The van der Waals surface area contributed by atoms with E-state index in [0.717, 1.165) is 98.2 Å². The molecule has 0 N–H and O–H groups in total. The maximum atomic E-state index is 13.9. The number of fused-ring (bicyclic) bond motifs is 16. The molecule has 0 unspecified atom stereocenters. The average molecular weight is 763 g/mol. The molecule has 0 radical (unpaired) electrons. The third-order valence-corrected chi connectivity index (χ3v) is 13.4. The van der Waals surface area contributed by atoms with Crippen molar-refractivity contribution in [1.82, 2.24) is 8.80 Å². The average Bonchev–Trinajstić information content (AvgIpc) is 3.83. The number of pyridine rings is 2. The molecule has 0 aliphatic rings. The first-order valence-electron chi connectivity index (χ1n) is 20.4. The van der Waals surface area contributed by atoms with Crippen molar-refractivity contribution in [2.75, 3.05) is 0 Å². The summed E-state index contributed by atoms with van der Waals surface area (Å²) in [6, 6.07) is 64.1. The zero-order chi connectivity index (χ0) is 39.4. The Morgan fingerprint density at radius 2 is 0.517 bits per heavy atom. The Morgan fingerprint density at radius 1 is 0.233 bits per heavy atom. The van der Waals surface area contributed by atoms with Gasteiger partial charge in [-0.05, 0) is 114 Å². The Morgan fingerprint density at radius 3 is 0.917 bits per heavy atom. The Labute approximate surface area is 340 Å². The van der Waals surface area contributed by atoms with Gasteiger partial charge in [-0.3, -0.25) is 18.4 Å². The molecule has 0 saturated carbocycles. The van der Waals surface area contributed by atoms with Crippen LogP contribution in [-0.4, -0.2) is 8.80 Å². The van der Waals surface area contributed by atoms with E-state index in [-0.39, 0.29) is 11.1 Å². The van der Waals surface area contributed by atoms with Crippen LogP contribution in [0.2, 0.25) is 0 Å². The van der Waals surface area contributed by atoms with Crippen LogP contribution in [0.25, 0.3) is 131 Å². The normalized spacial score (nSPS) is 12.5. The largest absolute Gasteiger partial charge is 0.275 e. The molecule has 10 aromatic carbocycles. The van der Waals surface area contributed by atoms with Gasteiger partial charge in [0.05, 0.1) is 22.1 Å². The molecule has 14 aromatic rings. The van der Waals surface area contributed by atoms with Gasteiger partial charge in [0.15, 0.2) is 0 Å². The second-order valence-electron chi connectivity index (χ2n) is 16.3. The van der Waals surface area contributed by atoms with Crippen molar-refractivity contribution < 1.29 is 0 Å². The summed E-state index contributed by atoms with van der Waals surface area (Å²) in [5.41, 5.74) is 8.36. The molecule has 14 rings (SSSR count). The number of aromatic nitrogens is 2. The fraction of sp³-hybridized carbons (Fsp3) is 0. The van der Waals surface area contributed by atoms with Gasteiger partial charge in [0.2, 0.25) is 0 Å². The van der Waals surface area contributed by atoms with Crippen molar-refractivity contribution >= 4 is 108 Å². The first kappa shape index (κ1) is 31.9. The van der Waals surface area contributed by atoms with Crippen LogP contribution in [0.3, 0.4) is 0 Å². The number of nitrogens with zero attached hydrogens (tertiary/aromatic N) is 2. The van der Waals surface area contributed by atoms with Crippen molar-refractivity contribution in [2.24, 2.45) is 0 Å². The summed E-state index contributed by atoms with van der Waals surface area (Å²) in [4.78, 5) is 27.9. The van der Waals surface area contributed by atoms with Crippen LogP contribution in [0.5, 0.6) is 0 Å². The van der Waals surface area contributed by atoms with Crippen molar-refractivity contribution in [3.05, 3.63) is 203 Å². The first-order valence-corrected chi connectivity index (χ1v) is 20.4. The number of hydrogen-bond donors (Lipinski definition) is 0. The standard InChI is InChI=1S/C56H30N2O2/c59-55-45-13-5-3-11-37(45)41-15-7-17-43-49-29-33(21-25-51(49)57(55)53(41)43)31-19-23-39-40-24-20-32(28-48(40)36-10-2-1-9-35(36)47(39)27-31)34-22-26-52-50(30-34)44-18-8-16-42-38-12-4-6-14-46(38)56(60)58(52)54(42)44/h1-30H. The SMILES string of the molecule is O=c1c2ccccc2c2cccc3c4cc(-c5ccc6c7ccc(-c8ccc9c(c8)c8cccc%10c%11ccccc%11c(=O)n9c%108)cc7c7ccccc7c6c5)ccc4n1c23. The van der Waals surface area contributed by atoms with Crippen molar-refractivity contribution in [2.45, 2.75) is 0 Å². The maximum Gasteiger partial charge on any atom is 0.263 e. The number of rotatable bonds is 2.